The average molecular weight is 514 g/mol. The molecule has 0 radical (unpaired) electrons. The molecule has 1 aromatic carbocycles. The van der Waals surface area contributed by atoms with Crippen molar-refractivity contribution >= 4 is 17.8 Å². The van der Waals surface area contributed by atoms with Gasteiger partial charge in [-0.25, -0.2) is 4.79 Å². The van der Waals surface area contributed by atoms with Gasteiger partial charge in [0.05, 0.1) is 5.92 Å². The first-order valence-corrected chi connectivity index (χ1v) is 12.2. The predicted octanol–water partition coefficient (Wildman–Crippen LogP) is 2.78. The van der Waals surface area contributed by atoms with Gasteiger partial charge in [-0.05, 0) is 43.9 Å². The Morgan fingerprint density at radius 3 is 2.33 bits per heavy atom. The second kappa shape index (κ2) is 11.5. The number of carbonyl (C=O) groups excluding carboxylic acids is 2. The molecule has 4 rings (SSSR count). The Labute approximate surface area is 208 Å². The maximum Gasteiger partial charge on any atom is 0.490 e. The molecule has 0 bridgehead atoms. The van der Waals surface area contributed by atoms with Crippen molar-refractivity contribution in [3.8, 4) is 5.75 Å². The van der Waals surface area contributed by atoms with Gasteiger partial charge in [0.25, 0.3) is 5.91 Å². The molecular formula is C25H34F3N3O5. The van der Waals surface area contributed by atoms with Gasteiger partial charge < -0.3 is 25.0 Å². The number of aliphatic carboxylic acids is 1. The molecule has 3 aliphatic heterocycles. The zero-order chi connectivity index (χ0) is 26.5. The average Bonchev–Trinajstić information content (AvgIpc) is 3.36. The molecule has 0 aliphatic carbocycles. The van der Waals surface area contributed by atoms with Crippen molar-refractivity contribution in [2.75, 3.05) is 39.3 Å². The molecule has 2 N–H and O–H groups in total. The van der Waals surface area contributed by atoms with Gasteiger partial charge in [0.15, 0.2) is 6.61 Å². The highest BCUT2D eigenvalue weighted by atomic mass is 19.4. The lowest BCUT2D eigenvalue weighted by Crippen LogP contribution is -2.56. The summed E-state index contributed by atoms with van der Waals surface area (Å²) in [6.45, 7) is 8.91. The summed E-state index contributed by atoms with van der Waals surface area (Å²) in [6.07, 6.45) is -2.22. The Morgan fingerprint density at radius 1 is 1.17 bits per heavy atom. The van der Waals surface area contributed by atoms with E-state index in [1.165, 1.54) is 6.42 Å². The molecule has 1 aromatic rings. The van der Waals surface area contributed by atoms with Gasteiger partial charge in [0, 0.05) is 37.6 Å². The molecule has 0 saturated carbocycles. The molecule has 3 heterocycles. The van der Waals surface area contributed by atoms with E-state index < -0.39 is 12.1 Å². The van der Waals surface area contributed by atoms with Gasteiger partial charge in [0.1, 0.15) is 5.75 Å². The number of ether oxygens (including phenoxy) is 1. The van der Waals surface area contributed by atoms with E-state index in [2.05, 4.69) is 24.1 Å². The first-order valence-electron chi connectivity index (χ1n) is 12.2. The fourth-order valence-corrected chi connectivity index (χ4v) is 5.17. The number of alkyl halides is 3. The van der Waals surface area contributed by atoms with Gasteiger partial charge in [-0.1, -0.05) is 32.0 Å². The van der Waals surface area contributed by atoms with Crippen molar-refractivity contribution in [3.63, 3.8) is 0 Å². The number of para-hydroxylation sites is 1. The summed E-state index contributed by atoms with van der Waals surface area (Å²) in [7, 11) is 0. The zero-order valence-electron chi connectivity index (χ0n) is 20.6. The number of amides is 2. The van der Waals surface area contributed by atoms with E-state index in [-0.39, 0.29) is 29.9 Å². The number of nitrogens with zero attached hydrogens (tertiary/aromatic N) is 2. The van der Waals surface area contributed by atoms with E-state index in [1.807, 2.05) is 35.2 Å². The fraction of sp³-hybridized carbons (Fsp3) is 0.640. The number of piperidine rings is 1. The molecule has 3 aliphatic rings. The lowest BCUT2D eigenvalue weighted by Gasteiger charge is -2.42. The minimum atomic E-state index is -5.08. The van der Waals surface area contributed by atoms with E-state index in [1.54, 1.807) is 0 Å². The van der Waals surface area contributed by atoms with Gasteiger partial charge in [0.2, 0.25) is 5.91 Å². The number of benzene rings is 1. The molecule has 0 aromatic heterocycles. The number of likely N-dealkylation sites (tertiary alicyclic amines) is 2. The molecule has 2 atom stereocenters. The van der Waals surface area contributed by atoms with Crippen LogP contribution in [0.25, 0.3) is 0 Å². The normalized spacial score (nSPS) is 23.2. The summed E-state index contributed by atoms with van der Waals surface area (Å²) < 4.78 is 37.4. The number of hydrogen-bond acceptors (Lipinski definition) is 5. The molecule has 36 heavy (non-hydrogen) atoms. The minimum absolute atomic E-state index is 0.0227. The maximum absolute atomic E-state index is 12.6. The first kappa shape index (κ1) is 27.8. The number of halogens is 3. The van der Waals surface area contributed by atoms with Crippen molar-refractivity contribution < 1.29 is 37.4 Å². The molecule has 3 fully saturated rings. The second-order valence-electron chi connectivity index (χ2n) is 10.1. The molecule has 3 saturated heterocycles. The Kier molecular flexibility index (Phi) is 8.86. The fourth-order valence-electron chi connectivity index (χ4n) is 5.17. The molecular weight excluding hydrogens is 479 g/mol. The third-order valence-corrected chi connectivity index (χ3v) is 7.19. The van der Waals surface area contributed by atoms with Crippen molar-refractivity contribution in [2.45, 2.75) is 44.8 Å². The van der Waals surface area contributed by atoms with Crippen LogP contribution in [-0.2, 0) is 14.4 Å². The number of fused-ring (bicyclic) bond motifs is 2. The van der Waals surface area contributed by atoms with Crippen LogP contribution in [0, 0.1) is 17.8 Å². The van der Waals surface area contributed by atoms with Crippen LogP contribution in [0.2, 0.25) is 0 Å². The summed E-state index contributed by atoms with van der Waals surface area (Å²) in [5.41, 5.74) is -0.134. The van der Waals surface area contributed by atoms with Crippen LogP contribution in [0.1, 0.15) is 33.1 Å². The van der Waals surface area contributed by atoms with E-state index in [0.717, 1.165) is 32.5 Å². The maximum atomic E-state index is 12.6. The number of hydrogen-bond donors (Lipinski definition) is 2. The summed E-state index contributed by atoms with van der Waals surface area (Å²) in [5.74, 6) is -0.625. The molecule has 11 heteroatoms. The third kappa shape index (κ3) is 6.89. The van der Waals surface area contributed by atoms with Gasteiger partial charge >= 0.3 is 12.1 Å². The quantitative estimate of drug-likeness (QED) is 0.607. The lowest BCUT2D eigenvalue weighted by molar-refractivity contribution is -0.192. The van der Waals surface area contributed by atoms with Crippen molar-refractivity contribution in [2.24, 2.45) is 17.8 Å². The number of carbonyl (C=O) groups is 3. The number of rotatable bonds is 6. The molecule has 200 valence electrons. The molecule has 0 unspecified atom stereocenters. The SMILES string of the molecule is CC(C)CCN1C[C@H]2C(=O)NC3(CCN(C(=O)COc4ccccc4)CC3)[C@H]2C1.O=C(O)C(F)(F)F. The summed E-state index contributed by atoms with van der Waals surface area (Å²) in [6, 6.07) is 9.44. The van der Waals surface area contributed by atoms with Crippen molar-refractivity contribution in [1.82, 2.24) is 15.1 Å². The Bertz CT molecular complexity index is 917. The zero-order valence-corrected chi connectivity index (χ0v) is 20.6. The monoisotopic (exact) mass is 513 g/mol. The van der Waals surface area contributed by atoms with Crippen LogP contribution < -0.4 is 10.1 Å². The first-order chi connectivity index (χ1) is 16.9. The highest BCUT2D eigenvalue weighted by molar-refractivity contribution is 5.84. The van der Waals surface area contributed by atoms with E-state index in [9.17, 15) is 22.8 Å². The molecule has 8 nitrogen and oxygen atoms in total. The van der Waals surface area contributed by atoms with Crippen LogP contribution in [0.3, 0.4) is 0 Å². The number of carboxylic acids is 1. The topological polar surface area (TPSA) is 99.2 Å². The second-order valence-corrected chi connectivity index (χ2v) is 10.1. The van der Waals surface area contributed by atoms with Crippen molar-refractivity contribution in [3.05, 3.63) is 30.3 Å². The van der Waals surface area contributed by atoms with E-state index >= 15 is 0 Å². The van der Waals surface area contributed by atoms with Gasteiger partial charge in [-0.2, -0.15) is 13.2 Å². The lowest BCUT2D eigenvalue weighted by atomic mass is 9.75. The summed E-state index contributed by atoms with van der Waals surface area (Å²) >= 11 is 0. The highest BCUT2D eigenvalue weighted by Crippen LogP contribution is 2.44. The molecule has 2 amide bonds. The summed E-state index contributed by atoms with van der Waals surface area (Å²) in [5, 5.41) is 10.5. The van der Waals surface area contributed by atoms with Crippen molar-refractivity contribution in [1.29, 1.82) is 0 Å². The standard InChI is InChI=1S/C23H33N3O3.C2HF3O2/c1-17(2)8-11-25-14-19-20(15-25)23(24-22(19)28)9-12-26(13-10-23)21(27)16-29-18-6-4-3-5-7-18;3-2(4,5)1(6)7/h3-7,17,19-20H,8-16H2,1-2H3,(H,24,28);(H,6,7)/t19-,20+;/m1./s1. The van der Waals surface area contributed by atoms with Gasteiger partial charge in [-0.3, -0.25) is 9.59 Å². The summed E-state index contributed by atoms with van der Waals surface area (Å²) in [4.78, 5) is 38.5. The highest BCUT2D eigenvalue weighted by Gasteiger charge is 2.57. The van der Waals surface area contributed by atoms with Crippen LogP contribution in [0.15, 0.2) is 30.3 Å². The van der Waals surface area contributed by atoms with Crippen LogP contribution in [-0.4, -0.2) is 83.7 Å². The Hall–Kier alpha value is -2.82. The van der Waals surface area contributed by atoms with Crippen LogP contribution in [0.4, 0.5) is 13.2 Å². The van der Waals surface area contributed by atoms with Crippen LogP contribution in [0.5, 0.6) is 5.75 Å². The minimum Gasteiger partial charge on any atom is -0.484 e. The largest absolute Gasteiger partial charge is 0.490 e. The number of nitrogens with one attached hydrogen (secondary N) is 1. The third-order valence-electron chi connectivity index (χ3n) is 7.19. The Balaban J connectivity index is 0.000000454. The van der Waals surface area contributed by atoms with Crippen LogP contribution >= 0.6 is 0 Å². The predicted molar refractivity (Wildman–Crippen MR) is 125 cm³/mol. The number of carboxylic acid groups (broad SMARTS) is 1. The Morgan fingerprint density at radius 2 is 1.78 bits per heavy atom. The van der Waals surface area contributed by atoms with E-state index in [4.69, 9.17) is 14.6 Å². The van der Waals surface area contributed by atoms with E-state index in [0.29, 0.717) is 30.7 Å². The smallest absolute Gasteiger partial charge is 0.484 e. The molecule has 1 spiro atoms. The van der Waals surface area contributed by atoms with Gasteiger partial charge in [-0.15, -0.1) is 0 Å².